The molecule has 0 fully saturated rings. The molecule has 0 spiro atoms. The number of alkyl halides is 2. The summed E-state index contributed by atoms with van der Waals surface area (Å²) in [6.07, 6.45) is 0. The Morgan fingerprint density at radius 3 is 2.71 bits per heavy atom. The van der Waals surface area contributed by atoms with Gasteiger partial charge in [-0.2, -0.15) is 13.8 Å². The summed E-state index contributed by atoms with van der Waals surface area (Å²) in [5.41, 5.74) is 0.565. The quantitative estimate of drug-likeness (QED) is 0.684. The van der Waals surface area contributed by atoms with Gasteiger partial charge in [-0.3, -0.25) is 0 Å². The Kier molecular flexibility index (Phi) is 8.37. The summed E-state index contributed by atoms with van der Waals surface area (Å²) in [7, 11) is 2.97. The van der Waals surface area contributed by atoms with E-state index in [1.54, 1.807) is 13.2 Å². The van der Waals surface area contributed by atoms with E-state index in [-0.39, 0.29) is 23.9 Å². The molecule has 0 aliphatic heterocycles. The maximum Gasteiger partial charge on any atom is 0.387 e. The highest BCUT2D eigenvalue weighted by molar-refractivity contribution is 5.85. The van der Waals surface area contributed by atoms with E-state index in [0.717, 1.165) is 0 Å². The van der Waals surface area contributed by atoms with Gasteiger partial charge in [-0.25, -0.2) is 0 Å². The lowest BCUT2D eigenvalue weighted by Gasteiger charge is -2.10. The molecule has 0 radical (unpaired) electrons. The minimum Gasteiger partial charge on any atom is -0.493 e. The molecule has 7 nitrogen and oxygen atoms in total. The standard InChI is InChI=1S/C14H17F2N3O4.ClH/c1-20-6-5-17-8-12-18-13(19-23-12)9-3-4-10(22-14(15)16)11(7-9)21-2;/h3-4,7,14,17H,5-6,8H2,1-2H3;1H. The molecule has 1 aromatic heterocycles. The molecule has 0 atom stereocenters. The van der Waals surface area contributed by atoms with E-state index >= 15 is 0 Å². The van der Waals surface area contributed by atoms with Crippen molar-refractivity contribution in [1.82, 2.24) is 15.5 Å². The molecule has 1 N–H and O–H groups in total. The van der Waals surface area contributed by atoms with Gasteiger partial charge in [0.25, 0.3) is 0 Å². The number of rotatable bonds is 9. The van der Waals surface area contributed by atoms with Crippen molar-refractivity contribution in [2.24, 2.45) is 0 Å². The normalized spacial score (nSPS) is 10.5. The van der Waals surface area contributed by atoms with E-state index < -0.39 is 6.61 Å². The molecule has 0 amide bonds. The van der Waals surface area contributed by atoms with Crippen LogP contribution in [-0.4, -0.2) is 44.1 Å². The molecule has 0 saturated heterocycles. The van der Waals surface area contributed by atoms with Crippen molar-refractivity contribution in [3.05, 3.63) is 24.1 Å². The van der Waals surface area contributed by atoms with Crippen LogP contribution in [0.15, 0.2) is 22.7 Å². The first-order chi connectivity index (χ1) is 11.1. The van der Waals surface area contributed by atoms with E-state index in [1.165, 1.54) is 19.2 Å². The summed E-state index contributed by atoms with van der Waals surface area (Å²) in [5.74, 6) is 0.835. The van der Waals surface area contributed by atoms with Crippen molar-refractivity contribution in [1.29, 1.82) is 0 Å². The summed E-state index contributed by atoms with van der Waals surface area (Å²) in [6.45, 7) is -1.30. The molecular weight excluding hydrogens is 348 g/mol. The molecule has 2 aromatic rings. The van der Waals surface area contributed by atoms with E-state index in [2.05, 4.69) is 20.2 Å². The third kappa shape index (κ3) is 5.59. The van der Waals surface area contributed by atoms with Gasteiger partial charge in [0, 0.05) is 19.2 Å². The number of nitrogens with zero attached hydrogens (tertiary/aromatic N) is 2. The lowest BCUT2D eigenvalue weighted by Crippen LogP contribution is -2.18. The average molecular weight is 366 g/mol. The van der Waals surface area contributed by atoms with Crippen LogP contribution in [0.2, 0.25) is 0 Å². The molecule has 10 heteroatoms. The van der Waals surface area contributed by atoms with Crippen molar-refractivity contribution in [3.63, 3.8) is 0 Å². The molecule has 0 unspecified atom stereocenters. The molecule has 1 aromatic carbocycles. The fourth-order valence-electron chi connectivity index (χ4n) is 1.81. The molecule has 0 saturated carbocycles. The molecular formula is C14H18ClF2N3O4. The van der Waals surface area contributed by atoms with E-state index in [1.807, 2.05) is 0 Å². The number of methoxy groups -OCH3 is 2. The van der Waals surface area contributed by atoms with E-state index in [9.17, 15) is 8.78 Å². The monoisotopic (exact) mass is 365 g/mol. The first kappa shape index (κ1) is 20.1. The highest BCUT2D eigenvalue weighted by Crippen LogP contribution is 2.32. The van der Waals surface area contributed by atoms with Gasteiger partial charge in [0.2, 0.25) is 11.7 Å². The van der Waals surface area contributed by atoms with Gasteiger partial charge < -0.3 is 24.1 Å². The molecule has 2 rings (SSSR count). The van der Waals surface area contributed by atoms with Crippen LogP contribution in [0.1, 0.15) is 5.89 Å². The number of ether oxygens (including phenoxy) is 3. The zero-order chi connectivity index (χ0) is 16.7. The fourth-order valence-corrected chi connectivity index (χ4v) is 1.81. The first-order valence-corrected chi connectivity index (χ1v) is 6.79. The second kappa shape index (κ2) is 10.0. The van der Waals surface area contributed by atoms with Gasteiger partial charge in [-0.15, -0.1) is 12.4 Å². The maximum atomic E-state index is 12.3. The van der Waals surface area contributed by atoms with Crippen LogP contribution in [0.25, 0.3) is 11.4 Å². The first-order valence-electron chi connectivity index (χ1n) is 6.79. The smallest absolute Gasteiger partial charge is 0.387 e. The third-order valence-electron chi connectivity index (χ3n) is 2.87. The Hall–Kier alpha value is -1.97. The number of hydrogen-bond acceptors (Lipinski definition) is 7. The van der Waals surface area contributed by atoms with Crippen LogP contribution >= 0.6 is 12.4 Å². The summed E-state index contributed by atoms with van der Waals surface area (Å²) >= 11 is 0. The van der Waals surface area contributed by atoms with Gasteiger partial charge in [0.15, 0.2) is 11.5 Å². The number of halogens is 3. The lowest BCUT2D eigenvalue weighted by atomic mass is 10.2. The number of nitrogens with one attached hydrogen (secondary N) is 1. The summed E-state index contributed by atoms with van der Waals surface area (Å²) in [4.78, 5) is 4.22. The molecule has 134 valence electrons. The zero-order valence-electron chi connectivity index (χ0n) is 13.1. The topological polar surface area (TPSA) is 78.6 Å². The Bertz CT molecular complexity index is 628. The second-order valence-corrected chi connectivity index (χ2v) is 4.43. The molecule has 0 bridgehead atoms. The highest BCUT2D eigenvalue weighted by Gasteiger charge is 2.14. The average Bonchev–Trinajstić information content (AvgIpc) is 3.00. The van der Waals surface area contributed by atoms with Gasteiger partial charge in [-0.1, -0.05) is 5.16 Å². The van der Waals surface area contributed by atoms with Crippen molar-refractivity contribution >= 4 is 12.4 Å². The minimum absolute atomic E-state index is 0. The highest BCUT2D eigenvalue weighted by atomic mass is 35.5. The Morgan fingerprint density at radius 2 is 2.04 bits per heavy atom. The summed E-state index contributed by atoms with van der Waals surface area (Å²) < 4.78 is 44.0. The number of benzene rings is 1. The number of hydrogen-bond donors (Lipinski definition) is 1. The van der Waals surface area contributed by atoms with Gasteiger partial charge in [0.1, 0.15) is 0 Å². The van der Waals surface area contributed by atoms with Crippen molar-refractivity contribution in [2.45, 2.75) is 13.2 Å². The largest absolute Gasteiger partial charge is 0.493 e. The fraction of sp³-hybridized carbons (Fsp3) is 0.429. The Morgan fingerprint density at radius 1 is 1.25 bits per heavy atom. The summed E-state index contributed by atoms with van der Waals surface area (Å²) in [5, 5.41) is 6.92. The lowest BCUT2D eigenvalue weighted by molar-refractivity contribution is -0.0512. The van der Waals surface area contributed by atoms with Gasteiger partial charge >= 0.3 is 6.61 Å². The van der Waals surface area contributed by atoms with Crippen LogP contribution in [0.5, 0.6) is 11.5 Å². The zero-order valence-corrected chi connectivity index (χ0v) is 13.9. The van der Waals surface area contributed by atoms with Crippen molar-refractivity contribution in [3.8, 4) is 22.9 Å². The third-order valence-corrected chi connectivity index (χ3v) is 2.87. The molecule has 0 aliphatic rings. The van der Waals surface area contributed by atoms with Gasteiger partial charge in [0.05, 0.1) is 20.3 Å². The van der Waals surface area contributed by atoms with Crippen LogP contribution in [0.3, 0.4) is 0 Å². The van der Waals surface area contributed by atoms with E-state index in [4.69, 9.17) is 14.0 Å². The predicted octanol–water partition coefficient (Wildman–Crippen LogP) is 2.50. The van der Waals surface area contributed by atoms with Crippen molar-refractivity contribution < 1.29 is 27.5 Å². The summed E-state index contributed by atoms with van der Waals surface area (Å²) in [6, 6.07) is 4.42. The minimum atomic E-state index is -2.93. The maximum absolute atomic E-state index is 12.3. The SMILES string of the molecule is COCCNCc1nc(-c2ccc(OC(F)F)c(OC)c2)no1.Cl. The molecule has 24 heavy (non-hydrogen) atoms. The van der Waals surface area contributed by atoms with Gasteiger partial charge in [-0.05, 0) is 18.2 Å². The second-order valence-electron chi connectivity index (χ2n) is 4.43. The van der Waals surface area contributed by atoms with Crippen molar-refractivity contribution in [2.75, 3.05) is 27.4 Å². The molecule has 1 heterocycles. The van der Waals surface area contributed by atoms with Crippen LogP contribution < -0.4 is 14.8 Å². The van der Waals surface area contributed by atoms with Crippen LogP contribution in [0, 0.1) is 0 Å². The molecule has 0 aliphatic carbocycles. The Balaban J connectivity index is 0.00000288. The van der Waals surface area contributed by atoms with E-state index in [0.29, 0.717) is 37.0 Å². The van der Waals surface area contributed by atoms with Crippen LogP contribution in [-0.2, 0) is 11.3 Å². The predicted molar refractivity (Wildman–Crippen MR) is 83.7 cm³/mol. The number of aromatic nitrogens is 2. The van der Waals surface area contributed by atoms with Crippen LogP contribution in [0.4, 0.5) is 8.78 Å². The Labute approximate surface area is 143 Å².